The van der Waals surface area contributed by atoms with Crippen molar-refractivity contribution in [2.45, 2.75) is 31.6 Å². The Hall–Kier alpha value is -6.28. The molecule has 0 spiro atoms. The van der Waals surface area contributed by atoms with E-state index in [4.69, 9.17) is 0 Å². The molecule has 12 rings (SSSR count). The van der Waals surface area contributed by atoms with Crippen LogP contribution in [0.3, 0.4) is 0 Å². The molecule has 2 aliphatic carbocycles. The van der Waals surface area contributed by atoms with Crippen LogP contribution in [0.2, 0.25) is 0 Å². The highest BCUT2D eigenvalue weighted by Gasteiger charge is 2.37. The van der Waals surface area contributed by atoms with Crippen LogP contribution in [-0.2, 0) is 5.41 Å². The predicted molar refractivity (Wildman–Crippen MR) is 243 cm³/mol. The molecule has 56 heavy (non-hydrogen) atoms. The maximum atomic E-state index is 2.51. The van der Waals surface area contributed by atoms with Gasteiger partial charge in [-0.3, -0.25) is 0 Å². The predicted octanol–water partition coefficient (Wildman–Crippen LogP) is 15.9. The fourth-order valence-electron chi connectivity index (χ4n) is 10.2. The average Bonchev–Trinajstić information content (AvgIpc) is 3.72. The van der Waals surface area contributed by atoms with E-state index in [9.17, 15) is 0 Å². The van der Waals surface area contributed by atoms with Crippen molar-refractivity contribution in [2.75, 3.05) is 0 Å². The summed E-state index contributed by atoms with van der Waals surface area (Å²) in [6.07, 6.45) is 9.99. The molecule has 10 aromatic rings. The zero-order valence-corrected chi connectivity index (χ0v) is 32.3. The Balaban J connectivity index is 1.05. The summed E-state index contributed by atoms with van der Waals surface area (Å²) >= 11 is 1.90. The van der Waals surface area contributed by atoms with E-state index in [1.165, 1.54) is 113 Å². The maximum Gasteiger partial charge on any atom is 0.0361 e. The summed E-state index contributed by atoms with van der Waals surface area (Å²) in [6.45, 7) is 4.83. The molecule has 0 N–H and O–H groups in total. The normalized spacial score (nSPS) is 15.8. The first-order valence-electron chi connectivity index (χ1n) is 19.9. The molecular formula is C55H38S. The van der Waals surface area contributed by atoms with Crippen molar-refractivity contribution in [3.8, 4) is 33.4 Å². The lowest BCUT2D eigenvalue weighted by Gasteiger charge is -2.23. The van der Waals surface area contributed by atoms with Crippen LogP contribution in [0.25, 0.3) is 96.6 Å². The molecule has 0 nitrogen and oxygen atoms in total. The second-order valence-corrected chi connectivity index (χ2v) is 17.4. The first-order valence-corrected chi connectivity index (χ1v) is 20.7. The summed E-state index contributed by atoms with van der Waals surface area (Å²) in [5, 5.41) is 13.1. The fourth-order valence-corrected chi connectivity index (χ4v) is 11.3. The van der Waals surface area contributed by atoms with Gasteiger partial charge in [0.2, 0.25) is 0 Å². The van der Waals surface area contributed by atoms with Crippen molar-refractivity contribution in [3.63, 3.8) is 0 Å². The smallest absolute Gasteiger partial charge is 0.0361 e. The largest absolute Gasteiger partial charge is 0.135 e. The summed E-state index contributed by atoms with van der Waals surface area (Å²) in [5.41, 5.74) is 12.0. The highest BCUT2D eigenvalue weighted by atomic mass is 32.1. The summed E-state index contributed by atoms with van der Waals surface area (Å²) in [7, 11) is 0. The van der Waals surface area contributed by atoms with Gasteiger partial charge in [0.1, 0.15) is 0 Å². The molecule has 9 aromatic carbocycles. The molecule has 2 aliphatic rings. The molecule has 0 saturated carbocycles. The van der Waals surface area contributed by atoms with Gasteiger partial charge in [-0.05, 0) is 130 Å². The third-order valence-corrected chi connectivity index (χ3v) is 14.1. The SMILES string of the molecule is CC1(C)c2cc(-c3c4ccccc4c(-c4ccc5ccc(C6C=CC=CC6)cc5c4)c4ccccc34)ccc2-c2c1ccc1cc3sc4ccccc4c3cc21. The Morgan fingerprint density at radius 3 is 1.86 bits per heavy atom. The number of allylic oxidation sites excluding steroid dienone is 4. The second kappa shape index (κ2) is 11.9. The van der Waals surface area contributed by atoms with E-state index in [1.807, 2.05) is 11.3 Å². The first kappa shape index (κ1) is 32.0. The molecule has 0 bridgehead atoms. The molecule has 0 aliphatic heterocycles. The molecule has 264 valence electrons. The molecule has 1 atom stereocenters. The first-order chi connectivity index (χ1) is 27.5. The van der Waals surface area contributed by atoms with Crippen LogP contribution in [0, 0.1) is 0 Å². The van der Waals surface area contributed by atoms with Gasteiger partial charge in [0.15, 0.2) is 0 Å². The van der Waals surface area contributed by atoms with Gasteiger partial charge in [-0.25, -0.2) is 0 Å². The van der Waals surface area contributed by atoms with Crippen LogP contribution in [0.4, 0.5) is 0 Å². The van der Waals surface area contributed by atoms with Crippen LogP contribution in [0.5, 0.6) is 0 Å². The van der Waals surface area contributed by atoms with Crippen LogP contribution in [-0.4, -0.2) is 0 Å². The van der Waals surface area contributed by atoms with Gasteiger partial charge in [-0.2, -0.15) is 0 Å². The lowest BCUT2D eigenvalue weighted by molar-refractivity contribution is 0.661. The minimum absolute atomic E-state index is 0.139. The number of thiophene rings is 1. The number of hydrogen-bond donors (Lipinski definition) is 0. The van der Waals surface area contributed by atoms with E-state index in [1.54, 1.807) is 0 Å². The fraction of sp³-hybridized carbons (Fsp3) is 0.0909. The quantitative estimate of drug-likeness (QED) is 0.159. The van der Waals surface area contributed by atoms with E-state index >= 15 is 0 Å². The Labute approximate surface area is 330 Å². The van der Waals surface area contributed by atoms with Crippen LogP contribution < -0.4 is 0 Å². The molecule has 1 unspecified atom stereocenters. The van der Waals surface area contributed by atoms with Crippen molar-refractivity contribution in [2.24, 2.45) is 0 Å². The standard InChI is InChI=1S/C55H38S/c1-55(2)48-27-25-36-31-51-47(40-14-10-11-19-50(40)56-51)32-46(36)54(48)45-26-24-38(30-49(45)55)53-43-17-8-6-15-41(43)52(42-16-7-9-18-44(42)53)37-23-21-34-20-22-35(28-39(34)29-37)33-12-4-3-5-13-33/h3-12,14-33H,13H2,1-2H3. The summed E-state index contributed by atoms with van der Waals surface area (Å²) in [5.74, 6) is 0.426. The Kier molecular flexibility index (Phi) is 6.78. The van der Waals surface area contributed by atoms with Crippen LogP contribution >= 0.6 is 11.3 Å². The van der Waals surface area contributed by atoms with Crippen molar-refractivity contribution >= 4 is 74.6 Å². The Morgan fingerprint density at radius 2 is 1.12 bits per heavy atom. The van der Waals surface area contributed by atoms with Gasteiger partial charge < -0.3 is 0 Å². The molecule has 0 saturated heterocycles. The van der Waals surface area contributed by atoms with E-state index in [2.05, 4.69) is 190 Å². The Bertz CT molecular complexity index is 3310. The highest BCUT2D eigenvalue weighted by molar-refractivity contribution is 7.25. The molecule has 1 aromatic heterocycles. The molecule has 0 radical (unpaired) electrons. The molecule has 1 heteroatoms. The van der Waals surface area contributed by atoms with Crippen molar-refractivity contribution < 1.29 is 0 Å². The van der Waals surface area contributed by atoms with Crippen LogP contribution in [0.15, 0.2) is 176 Å². The monoisotopic (exact) mass is 730 g/mol. The van der Waals surface area contributed by atoms with E-state index in [-0.39, 0.29) is 5.41 Å². The van der Waals surface area contributed by atoms with Gasteiger partial charge >= 0.3 is 0 Å². The van der Waals surface area contributed by atoms with Crippen molar-refractivity contribution in [1.82, 2.24) is 0 Å². The zero-order chi connectivity index (χ0) is 37.1. The molecule has 0 amide bonds. The molecular weight excluding hydrogens is 693 g/mol. The minimum Gasteiger partial charge on any atom is -0.135 e. The van der Waals surface area contributed by atoms with Crippen molar-refractivity contribution in [1.29, 1.82) is 0 Å². The van der Waals surface area contributed by atoms with Gasteiger partial charge in [0, 0.05) is 31.5 Å². The second-order valence-electron chi connectivity index (χ2n) is 16.4. The molecule has 1 heterocycles. The number of hydrogen-bond acceptors (Lipinski definition) is 1. The Morgan fingerprint density at radius 1 is 0.464 bits per heavy atom. The third-order valence-electron chi connectivity index (χ3n) is 12.9. The van der Waals surface area contributed by atoms with Gasteiger partial charge in [0.05, 0.1) is 0 Å². The topological polar surface area (TPSA) is 0 Å². The summed E-state index contributed by atoms with van der Waals surface area (Å²) in [6, 6.07) is 58.0. The van der Waals surface area contributed by atoms with Gasteiger partial charge in [0.25, 0.3) is 0 Å². The molecule has 0 fully saturated rings. The van der Waals surface area contributed by atoms with Crippen molar-refractivity contribution in [3.05, 3.63) is 193 Å². The van der Waals surface area contributed by atoms with Gasteiger partial charge in [-0.15, -0.1) is 11.3 Å². The van der Waals surface area contributed by atoms with Gasteiger partial charge in [-0.1, -0.05) is 159 Å². The summed E-state index contributed by atoms with van der Waals surface area (Å²) < 4.78 is 2.71. The minimum atomic E-state index is -0.139. The maximum absolute atomic E-state index is 2.51. The lowest BCUT2D eigenvalue weighted by Crippen LogP contribution is -2.15. The lowest BCUT2D eigenvalue weighted by atomic mass is 9.80. The number of benzene rings is 9. The zero-order valence-electron chi connectivity index (χ0n) is 31.4. The van der Waals surface area contributed by atoms with E-state index in [0.717, 1.165) is 6.42 Å². The van der Waals surface area contributed by atoms with Crippen LogP contribution in [0.1, 0.15) is 42.9 Å². The average molecular weight is 731 g/mol. The number of rotatable bonds is 3. The highest BCUT2D eigenvalue weighted by Crippen LogP contribution is 2.54. The summed E-state index contributed by atoms with van der Waals surface area (Å²) in [4.78, 5) is 0. The number of fused-ring (bicyclic) bond motifs is 11. The van der Waals surface area contributed by atoms with E-state index in [0.29, 0.717) is 5.92 Å². The van der Waals surface area contributed by atoms with E-state index < -0.39 is 0 Å². The third kappa shape index (κ3) is 4.59.